The topological polar surface area (TPSA) is 88.1 Å². The zero-order valence-electron chi connectivity index (χ0n) is 12.1. The first-order valence-electron chi connectivity index (χ1n) is 6.59. The Morgan fingerprint density at radius 3 is 2.86 bits per heavy atom. The summed E-state index contributed by atoms with van der Waals surface area (Å²) >= 11 is 0. The van der Waals surface area contributed by atoms with E-state index < -0.39 is 0 Å². The highest BCUT2D eigenvalue weighted by Crippen LogP contribution is 2.23. The van der Waals surface area contributed by atoms with E-state index in [1.807, 2.05) is 31.0 Å². The van der Waals surface area contributed by atoms with Gasteiger partial charge in [0.05, 0.1) is 11.6 Å². The molecule has 6 heteroatoms. The van der Waals surface area contributed by atoms with Gasteiger partial charge in [-0.3, -0.25) is 0 Å². The Morgan fingerprint density at radius 2 is 2.14 bits per heavy atom. The molecular weight excluding hydrogens is 266 g/mol. The highest BCUT2D eigenvalue weighted by Gasteiger charge is 2.09. The van der Waals surface area contributed by atoms with Crippen molar-refractivity contribution in [3.63, 3.8) is 0 Å². The van der Waals surface area contributed by atoms with Crippen LogP contribution in [0.1, 0.15) is 18.3 Å². The Morgan fingerprint density at radius 1 is 1.33 bits per heavy atom. The molecule has 0 fully saturated rings. The lowest BCUT2D eigenvalue weighted by Gasteiger charge is -2.19. The largest absolute Gasteiger partial charge is 0.384 e. The standard InChI is InChI=1S/C15H17N5O/c1-3-21-10-14-18-13(17)8-15(19-14)20(2)12-6-4-5-11(7-12)9-16/h4-8H,3,10H2,1-2H3,(H2,17,18,19). The smallest absolute Gasteiger partial charge is 0.158 e. The molecule has 21 heavy (non-hydrogen) atoms. The number of hydrogen-bond donors (Lipinski definition) is 1. The van der Waals surface area contributed by atoms with E-state index in [2.05, 4.69) is 16.0 Å². The third kappa shape index (κ3) is 3.68. The Labute approximate surface area is 123 Å². The number of nitrogen functional groups attached to an aromatic ring is 1. The number of anilines is 3. The van der Waals surface area contributed by atoms with Crippen molar-refractivity contribution in [2.75, 3.05) is 24.3 Å². The van der Waals surface area contributed by atoms with Crippen LogP contribution < -0.4 is 10.6 Å². The summed E-state index contributed by atoms with van der Waals surface area (Å²) in [6, 6.07) is 11.1. The minimum atomic E-state index is 0.320. The summed E-state index contributed by atoms with van der Waals surface area (Å²) in [4.78, 5) is 10.4. The molecule has 0 aliphatic carbocycles. The van der Waals surface area contributed by atoms with Crippen molar-refractivity contribution in [1.82, 2.24) is 9.97 Å². The fraction of sp³-hybridized carbons (Fsp3) is 0.267. The van der Waals surface area contributed by atoms with Gasteiger partial charge in [-0.2, -0.15) is 5.26 Å². The first kappa shape index (κ1) is 14.8. The third-order valence-electron chi connectivity index (χ3n) is 2.92. The summed E-state index contributed by atoms with van der Waals surface area (Å²) in [6.45, 7) is 2.82. The maximum Gasteiger partial charge on any atom is 0.158 e. The van der Waals surface area contributed by atoms with Crippen LogP contribution in [0, 0.1) is 11.3 Å². The van der Waals surface area contributed by atoms with Gasteiger partial charge >= 0.3 is 0 Å². The van der Waals surface area contributed by atoms with Crippen LogP contribution >= 0.6 is 0 Å². The van der Waals surface area contributed by atoms with Crippen LogP contribution in [0.25, 0.3) is 0 Å². The van der Waals surface area contributed by atoms with E-state index in [0.29, 0.717) is 36.2 Å². The van der Waals surface area contributed by atoms with Crippen LogP contribution in [0.5, 0.6) is 0 Å². The van der Waals surface area contributed by atoms with Gasteiger partial charge in [-0.1, -0.05) is 6.07 Å². The van der Waals surface area contributed by atoms with Gasteiger partial charge < -0.3 is 15.4 Å². The average molecular weight is 283 g/mol. The second kappa shape index (κ2) is 6.68. The summed E-state index contributed by atoms with van der Waals surface area (Å²) in [7, 11) is 1.86. The zero-order chi connectivity index (χ0) is 15.2. The Kier molecular flexibility index (Phi) is 4.69. The number of nitriles is 1. The molecule has 1 aromatic heterocycles. The summed E-state index contributed by atoms with van der Waals surface area (Å²) in [5.74, 6) is 1.58. The number of hydrogen-bond acceptors (Lipinski definition) is 6. The van der Waals surface area contributed by atoms with Gasteiger partial charge in [0, 0.05) is 25.4 Å². The lowest BCUT2D eigenvalue weighted by Crippen LogP contribution is -2.14. The molecule has 6 nitrogen and oxygen atoms in total. The van der Waals surface area contributed by atoms with Gasteiger partial charge in [-0.15, -0.1) is 0 Å². The second-order valence-electron chi connectivity index (χ2n) is 4.43. The molecule has 0 unspecified atom stereocenters. The molecule has 0 saturated carbocycles. The Hall–Kier alpha value is -2.65. The van der Waals surface area contributed by atoms with Crippen molar-refractivity contribution in [2.45, 2.75) is 13.5 Å². The van der Waals surface area contributed by atoms with Crippen LogP contribution in [0.15, 0.2) is 30.3 Å². The fourth-order valence-electron chi connectivity index (χ4n) is 1.85. The van der Waals surface area contributed by atoms with E-state index in [0.717, 1.165) is 5.69 Å². The van der Waals surface area contributed by atoms with E-state index in [1.165, 1.54) is 0 Å². The van der Waals surface area contributed by atoms with Crippen molar-refractivity contribution in [1.29, 1.82) is 5.26 Å². The quantitative estimate of drug-likeness (QED) is 0.905. The number of benzene rings is 1. The van der Waals surface area contributed by atoms with Gasteiger partial charge in [0.25, 0.3) is 0 Å². The average Bonchev–Trinajstić information content (AvgIpc) is 2.51. The van der Waals surface area contributed by atoms with E-state index in [9.17, 15) is 0 Å². The van der Waals surface area contributed by atoms with Crippen molar-refractivity contribution in [2.24, 2.45) is 0 Å². The predicted octanol–water partition coefficient (Wildman–Crippen LogP) is 2.23. The fourth-order valence-corrected chi connectivity index (χ4v) is 1.85. The lowest BCUT2D eigenvalue weighted by molar-refractivity contribution is 0.128. The normalized spacial score (nSPS) is 10.1. The number of ether oxygens (including phenoxy) is 1. The number of aromatic nitrogens is 2. The van der Waals surface area contributed by atoms with Crippen molar-refractivity contribution >= 4 is 17.3 Å². The third-order valence-corrected chi connectivity index (χ3v) is 2.92. The first-order chi connectivity index (χ1) is 10.1. The maximum atomic E-state index is 8.97. The molecule has 2 N–H and O–H groups in total. The molecule has 0 aliphatic heterocycles. The molecule has 0 atom stereocenters. The Balaban J connectivity index is 2.31. The first-order valence-corrected chi connectivity index (χ1v) is 6.59. The molecule has 0 saturated heterocycles. The zero-order valence-corrected chi connectivity index (χ0v) is 12.1. The summed E-state index contributed by atoms with van der Waals surface area (Å²) in [5.41, 5.74) is 7.27. The van der Waals surface area contributed by atoms with E-state index >= 15 is 0 Å². The van der Waals surface area contributed by atoms with Crippen LogP contribution in [0.4, 0.5) is 17.3 Å². The lowest BCUT2D eigenvalue weighted by atomic mass is 10.2. The minimum absolute atomic E-state index is 0.320. The summed E-state index contributed by atoms with van der Waals surface area (Å²) in [6.07, 6.45) is 0. The highest BCUT2D eigenvalue weighted by atomic mass is 16.5. The molecule has 0 amide bonds. The van der Waals surface area contributed by atoms with Gasteiger partial charge in [0.1, 0.15) is 18.2 Å². The van der Waals surface area contributed by atoms with E-state index in [4.69, 9.17) is 15.7 Å². The molecule has 2 rings (SSSR count). The van der Waals surface area contributed by atoms with E-state index in [1.54, 1.807) is 18.2 Å². The number of nitrogens with zero attached hydrogens (tertiary/aromatic N) is 4. The molecule has 0 aliphatic rings. The minimum Gasteiger partial charge on any atom is -0.384 e. The summed E-state index contributed by atoms with van der Waals surface area (Å²) in [5, 5.41) is 8.97. The highest BCUT2D eigenvalue weighted by molar-refractivity contribution is 5.62. The van der Waals surface area contributed by atoms with Gasteiger partial charge in [-0.05, 0) is 25.1 Å². The molecular formula is C15H17N5O. The van der Waals surface area contributed by atoms with Crippen LogP contribution in [0.3, 0.4) is 0 Å². The van der Waals surface area contributed by atoms with Crippen molar-refractivity contribution in [3.8, 4) is 6.07 Å². The van der Waals surface area contributed by atoms with Crippen molar-refractivity contribution in [3.05, 3.63) is 41.7 Å². The predicted molar refractivity (Wildman–Crippen MR) is 81.0 cm³/mol. The number of rotatable bonds is 5. The van der Waals surface area contributed by atoms with Gasteiger partial charge in [0.15, 0.2) is 5.82 Å². The van der Waals surface area contributed by atoms with Gasteiger partial charge in [0.2, 0.25) is 0 Å². The van der Waals surface area contributed by atoms with Gasteiger partial charge in [-0.25, -0.2) is 9.97 Å². The molecule has 0 bridgehead atoms. The monoisotopic (exact) mass is 283 g/mol. The van der Waals surface area contributed by atoms with E-state index in [-0.39, 0.29) is 0 Å². The molecule has 0 radical (unpaired) electrons. The molecule has 2 aromatic rings. The second-order valence-corrected chi connectivity index (χ2v) is 4.43. The molecule has 1 aromatic carbocycles. The molecule has 108 valence electrons. The van der Waals surface area contributed by atoms with Crippen LogP contribution in [0.2, 0.25) is 0 Å². The SMILES string of the molecule is CCOCc1nc(N)cc(N(C)c2cccc(C#N)c2)n1. The summed E-state index contributed by atoms with van der Waals surface area (Å²) < 4.78 is 5.31. The number of nitrogens with two attached hydrogens (primary N) is 1. The molecule has 1 heterocycles. The Bertz CT molecular complexity index is 665. The van der Waals surface area contributed by atoms with Crippen molar-refractivity contribution < 1.29 is 4.74 Å². The van der Waals surface area contributed by atoms with Crippen LogP contribution in [-0.2, 0) is 11.3 Å². The van der Waals surface area contributed by atoms with Crippen LogP contribution in [-0.4, -0.2) is 23.6 Å². The molecule has 0 spiro atoms. The maximum absolute atomic E-state index is 8.97.